The third kappa shape index (κ3) is 3.92. The van der Waals surface area contributed by atoms with E-state index in [1.165, 1.54) is 0 Å². The number of para-hydroxylation sites is 1. The van der Waals surface area contributed by atoms with Gasteiger partial charge < -0.3 is 14.8 Å². The molecule has 2 heterocycles. The van der Waals surface area contributed by atoms with Crippen LogP contribution in [0.2, 0.25) is 0 Å². The molecule has 2 aliphatic heterocycles. The van der Waals surface area contributed by atoms with E-state index in [-0.39, 0.29) is 18.1 Å². The van der Waals surface area contributed by atoms with E-state index < -0.39 is 0 Å². The Kier molecular flexibility index (Phi) is 4.37. The number of rotatable bonds is 3. The molecular formula is C18H22N2O3. The van der Waals surface area contributed by atoms with Gasteiger partial charge >= 0.3 is 0 Å². The van der Waals surface area contributed by atoms with E-state index in [4.69, 9.17) is 9.47 Å². The number of nitrogens with one attached hydrogen (secondary N) is 1. The van der Waals surface area contributed by atoms with E-state index in [9.17, 15) is 4.79 Å². The van der Waals surface area contributed by atoms with Gasteiger partial charge in [-0.25, -0.2) is 4.99 Å². The molecular weight excluding hydrogens is 292 g/mol. The molecule has 0 aliphatic carbocycles. The van der Waals surface area contributed by atoms with Gasteiger partial charge in [0, 0.05) is 24.6 Å². The molecule has 1 N–H and O–H groups in total. The van der Waals surface area contributed by atoms with Crippen molar-refractivity contribution >= 4 is 11.7 Å². The maximum atomic E-state index is 12.0. The second kappa shape index (κ2) is 6.44. The molecule has 0 fully saturated rings. The third-order valence-electron chi connectivity index (χ3n) is 3.82. The quantitative estimate of drug-likeness (QED) is 0.933. The van der Waals surface area contributed by atoms with E-state index in [0.29, 0.717) is 11.6 Å². The molecule has 0 spiro atoms. The Morgan fingerprint density at radius 1 is 1.43 bits per heavy atom. The van der Waals surface area contributed by atoms with Crippen molar-refractivity contribution in [2.45, 2.75) is 45.1 Å². The molecule has 0 radical (unpaired) electrons. The number of amides is 1. The molecule has 23 heavy (non-hydrogen) atoms. The van der Waals surface area contributed by atoms with Crippen LogP contribution in [0.4, 0.5) is 0 Å². The first kappa shape index (κ1) is 15.6. The third-order valence-corrected chi connectivity index (χ3v) is 3.82. The van der Waals surface area contributed by atoms with Gasteiger partial charge in [-0.15, -0.1) is 0 Å². The highest BCUT2D eigenvalue weighted by Gasteiger charge is 2.32. The summed E-state index contributed by atoms with van der Waals surface area (Å²) in [4.78, 5) is 16.3. The summed E-state index contributed by atoms with van der Waals surface area (Å²) >= 11 is 0. The number of benzene rings is 1. The fraction of sp³-hybridized carbons (Fsp3) is 0.444. The number of carbonyl (C=O) groups is 1. The number of aliphatic imine (C=N–C) groups is 1. The zero-order valence-corrected chi connectivity index (χ0v) is 13.6. The molecule has 0 atom stereocenters. The summed E-state index contributed by atoms with van der Waals surface area (Å²) in [5.74, 6) is 1.86. The molecule has 0 bridgehead atoms. The van der Waals surface area contributed by atoms with Crippen molar-refractivity contribution in [3.05, 3.63) is 36.0 Å². The standard InChI is InChI=1S/C18H22N2O3/c1-18(2)11-13-7-6-8-14(17(13)23-18)22-12-16(21)20-15-9-4-3-5-10-19-15/h5-8,10H,3-4,9,11-12H2,1-2H3,(H,19,20,21). The molecule has 3 rings (SSSR count). The minimum atomic E-state index is -0.231. The van der Waals surface area contributed by atoms with Crippen molar-refractivity contribution in [2.24, 2.45) is 4.99 Å². The van der Waals surface area contributed by atoms with Gasteiger partial charge in [-0.3, -0.25) is 4.79 Å². The number of nitrogens with zero attached hydrogens (tertiary/aromatic N) is 1. The second-order valence-electron chi connectivity index (χ2n) is 6.47. The minimum absolute atomic E-state index is 0.0526. The van der Waals surface area contributed by atoms with Gasteiger partial charge in [0.2, 0.25) is 0 Å². The van der Waals surface area contributed by atoms with E-state index in [2.05, 4.69) is 10.3 Å². The molecule has 2 aliphatic rings. The first-order chi connectivity index (χ1) is 11.0. The number of carbonyl (C=O) groups excluding carboxylic acids is 1. The van der Waals surface area contributed by atoms with Gasteiger partial charge in [0.1, 0.15) is 11.4 Å². The van der Waals surface area contributed by atoms with Crippen LogP contribution < -0.4 is 14.8 Å². The van der Waals surface area contributed by atoms with Gasteiger partial charge in [-0.2, -0.15) is 0 Å². The van der Waals surface area contributed by atoms with Crippen LogP contribution in [0.15, 0.2) is 35.5 Å². The normalized spacial score (nSPS) is 18.4. The molecule has 0 saturated carbocycles. The predicted molar refractivity (Wildman–Crippen MR) is 88.9 cm³/mol. The lowest BCUT2D eigenvalue weighted by Crippen LogP contribution is -2.34. The highest BCUT2D eigenvalue weighted by Crippen LogP contribution is 2.41. The molecule has 1 aromatic rings. The smallest absolute Gasteiger partial charge is 0.263 e. The van der Waals surface area contributed by atoms with Crippen molar-refractivity contribution in [1.29, 1.82) is 0 Å². The molecule has 0 aromatic heterocycles. The Hall–Kier alpha value is -2.30. The summed E-state index contributed by atoms with van der Waals surface area (Å²) in [5.41, 5.74) is 0.886. The summed E-state index contributed by atoms with van der Waals surface area (Å²) in [6.07, 6.45) is 7.34. The van der Waals surface area contributed by atoms with E-state index in [0.717, 1.165) is 37.0 Å². The number of fused-ring (bicyclic) bond motifs is 1. The van der Waals surface area contributed by atoms with Gasteiger partial charge in [-0.05, 0) is 32.8 Å². The number of allylic oxidation sites excluding steroid dienone is 1. The minimum Gasteiger partial charge on any atom is -0.483 e. The summed E-state index contributed by atoms with van der Waals surface area (Å²) in [6, 6.07) is 5.79. The Bertz CT molecular complexity index is 662. The second-order valence-corrected chi connectivity index (χ2v) is 6.47. The van der Waals surface area contributed by atoms with Crippen LogP contribution >= 0.6 is 0 Å². The molecule has 0 unspecified atom stereocenters. The monoisotopic (exact) mass is 314 g/mol. The fourth-order valence-electron chi connectivity index (χ4n) is 2.81. The fourth-order valence-corrected chi connectivity index (χ4v) is 2.81. The van der Waals surface area contributed by atoms with Crippen molar-refractivity contribution in [1.82, 2.24) is 5.32 Å². The highest BCUT2D eigenvalue weighted by atomic mass is 16.5. The van der Waals surface area contributed by atoms with Crippen molar-refractivity contribution in [2.75, 3.05) is 6.61 Å². The van der Waals surface area contributed by atoms with E-state index in [1.807, 2.05) is 38.1 Å². The topological polar surface area (TPSA) is 59.9 Å². The van der Waals surface area contributed by atoms with Crippen LogP contribution in [0.3, 0.4) is 0 Å². The van der Waals surface area contributed by atoms with Crippen molar-refractivity contribution < 1.29 is 14.3 Å². The Morgan fingerprint density at radius 3 is 3.17 bits per heavy atom. The number of amidine groups is 1. The number of hydrogen-bond acceptors (Lipinski definition) is 4. The first-order valence-electron chi connectivity index (χ1n) is 7.99. The molecule has 122 valence electrons. The average molecular weight is 314 g/mol. The van der Waals surface area contributed by atoms with Crippen LogP contribution in [-0.2, 0) is 11.2 Å². The summed E-state index contributed by atoms with van der Waals surface area (Å²) in [6.45, 7) is 4.03. The molecule has 1 amide bonds. The van der Waals surface area contributed by atoms with E-state index >= 15 is 0 Å². The maximum Gasteiger partial charge on any atom is 0.263 e. The average Bonchev–Trinajstić information content (AvgIpc) is 2.66. The summed E-state index contributed by atoms with van der Waals surface area (Å²) < 4.78 is 11.6. The number of hydrogen-bond donors (Lipinski definition) is 1. The maximum absolute atomic E-state index is 12.0. The Labute approximate surface area is 136 Å². The Morgan fingerprint density at radius 2 is 2.30 bits per heavy atom. The lowest BCUT2D eigenvalue weighted by Gasteiger charge is -2.18. The van der Waals surface area contributed by atoms with Gasteiger partial charge in [0.05, 0.1) is 0 Å². The van der Waals surface area contributed by atoms with Gasteiger partial charge in [-0.1, -0.05) is 18.2 Å². The van der Waals surface area contributed by atoms with Crippen molar-refractivity contribution in [3.8, 4) is 11.5 Å². The van der Waals surface area contributed by atoms with Crippen LogP contribution in [0.1, 0.15) is 38.7 Å². The SMILES string of the molecule is CC1(C)Cc2cccc(OCC(=O)NC3=NC=CCCC3)c2O1. The first-order valence-corrected chi connectivity index (χ1v) is 7.99. The van der Waals surface area contributed by atoms with Crippen LogP contribution in [0.5, 0.6) is 11.5 Å². The van der Waals surface area contributed by atoms with E-state index in [1.54, 1.807) is 6.20 Å². The molecule has 0 saturated heterocycles. The summed E-state index contributed by atoms with van der Waals surface area (Å²) in [5, 5.41) is 2.81. The molecule has 5 nitrogen and oxygen atoms in total. The zero-order chi connectivity index (χ0) is 16.3. The van der Waals surface area contributed by atoms with Crippen LogP contribution in [0.25, 0.3) is 0 Å². The van der Waals surface area contributed by atoms with Gasteiger partial charge in [0.15, 0.2) is 18.1 Å². The zero-order valence-electron chi connectivity index (χ0n) is 13.6. The van der Waals surface area contributed by atoms with Crippen molar-refractivity contribution in [3.63, 3.8) is 0 Å². The number of ether oxygens (including phenoxy) is 2. The summed E-state index contributed by atoms with van der Waals surface area (Å²) in [7, 11) is 0. The Balaban J connectivity index is 1.59. The van der Waals surface area contributed by atoms with Crippen LogP contribution in [-0.4, -0.2) is 24.0 Å². The molecule has 1 aromatic carbocycles. The lowest BCUT2D eigenvalue weighted by molar-refractivity contribution is -0.121. The lowest BCUT2D eigenvalue weighted by atomic mass is 10.0. The highest BCUT2D eigenvalue weighted by molar-refractivity contribution is 5.99. The predicted octanol–water partition coefficient (Wildman–Crippen LogP) is 2.99. The van der Waals surface area contributed by atoms with Crippen LogP contribution in [0, 0.1) is 0 Å². The van der Waals surface area contributed by atoms with Gasteiger partial charge in [0.25, 0.3) is 5.91 Å². The largest absolute Gasteiger partial charge is 0.483 e. The molecule has 5 heteroatoms.